The van der Waals surface area contributed by atoms with Crippen LogP contribution in [0.1, 0.15) is 27.0 Å². The Morgan fingerprint density at radius 2 is 1.83 bits per heavy atom. The van der Waals surface area contributed by atoms with Gasteiger partial charge in [0.2, 0.25) is 11.8 Å². The van der Waals surface area contributed by atoms with E-state index in [2.05, 4.69) is 5.32 Å². The smallest absolute Gasteiger partial charge is 0.346 e. The van der Waals surface area contributed by atoms with Gasteiger partial charge in [-0.1, -0.05) is 35.9 Å². The second-order valence-corrected chi connectivity index (χ2v) is 8.85. The fourth-order valence-corrected chi connectivity index (χ4v) is 4.15. The third-order valence-electron chi connectivity index (χ3n) is 6.07. The summed E-state index contributed by atoms with van der Waals surface area (Å²) in [5, 5.41) is 2.39. The van der Waals surface area contributed by atoms with Crippen molar-refractivity contribution in [3.05, 3.63) is 69.7 Å². The van der Waals surface area contributed by atoms with Gasteiger partial charge in [-0.2, -0.15) is 8.78 Å². The summed E-state index contributed by atoms with van der Waals surface area (Å²) in [5.41, 5.74) is 0.662. The monoisotopic (exact) mass is 491 g/mol. The maximum Gasteiger partial charge on any atom is 0.349 e. The number of rotatable bonds is 5. The Hall–Kier alpha value is -3.14. The number of nitrogens with zero attached hydrogens (tertiary/aromatic N) is 1. The number of amides is 4. The number of nitrogens with one attached hydrogen (secondary N) is 2. The highest BCUT2D eigenvalue weighted by Gasteiger charge is 2.50. The fourth-order valence-electron chi connectivity index (χ4n) is 4.02. The Bertz CT molecular complexity index is 1240. The molecular weight excluding hydrogens is 476 g/mol. The van der Waals surface area contributed by atoms with Crippen LogP contribution in [-0.2, 0) is 33.4 Å². The van der Waals surface area contributed by atoms with E-state index in [9.17, 15) is 28.0 Å². The van der Waals surface area contributed by atoms with Crippen LogP contribution >= 0.6 is 11.6 Å². The second-order valence-electron chi connectivity index (χ2n) is 8.41. The fraction of sp³-hybridized carbons (Fsp3) is 0.273. The van der Waals surface area contributed by atoms with Crippen molar-refractivity contribution in [3.8, 4) is 0 Å². The maximum atomic E-state index is 14.5. The van der Waals surface area contributed by atoms with Crippen LogP contribution in [0.15, 0.2) is 42.5 Å². The van der Waals surface area contributed by atoms with E-state index in [-0.39, 0.29) is 23.7 Å². The van der Waals surface area contributed by atoms with Gasteiger partial charge in [-0.05, 0) is 40.4 Å². The number of fused-ring (bicyclic) bond motifs is 1. The van der Waals surface area contributed by atoms with Crippen LogP contribution in [0.3, 0.4) is 0 Å². The van der Waals surface area contributed by atoms with Crippen molar-refractivity contribution in [1.82, 2.24) is 15.5 Å². The molecule has 2 heterocycles. The highest BCUT2D eigenvalue weighted by molar-refractivity contribution is 6.56. The minimum Gasteiger partial charge on any atom is -0.346 e. The van der Waals surface area contributed by atoms with E-state index in [1.807, 2.05) is 5.32 Å². The van der Waals surface area contributed by atoms with Gasteiger partial charge in [-0.15, -0.1) is 0 Å². The number of benzene rings is 2. The molecule has 13 heteroatoms. The standard InChI is InChI=1S/C22H15B3ClF2N3O4/c23-16-15(17(32)30-19(34)21(16,24)25)31-9-11-7-10(1-6-14(11)18(31)33)8-29-20(35)22(27,28)12-2-4-13(26)5-3-12/h1-7,15-16H,8-9H2,(H,29,35)(H,30,32,34). The summed E-state index contributed by atoms with van der Waals surface area (Å²) in [6.07, 6.45) is 0. The van der Waals surface area contributed by atoms with E-state index in [1.54, 1.807) is 6.07 Å². The number of alkyl halides is 2. The highest BCUT2D eigenvalue weighted by Crippen LogP contribution is 2.41. The van der Waals surface area contributed by atoms with Crippen LogP contribution in [-0.4, -0.2) is 58.1 Å². The predicted molar refractivity (Wildman–Crippen MR) is 124 cm³/mol. The molecule has 2 unspecified atom stereocenters. The third-order valence-corrected chi connectivity index (χ3v) is 6.32. The zero-order valence-corrected chi connectivity index (χ0v) is 18.8. The second kappa shape index (κ2) is 8.82. The summed E-state index contributed by atoms with van der Waals surface area (Å²) >= 11 is 5.71. The molecule has 7 nitrogen and oxygen atoms in total. The normalized spacial score (nSPS) is 21.5. The minimum absolute atomic E-state index is 0.0626. The van der Waals surface area contributed by atoms with Gasteiger partial charge in [-0.25, -0.2) is 0 Å². The summed E-state index contributed by atoms with van der Waals surface area (Å²) < 4.78 is 29.0. The summed E-state index contributed by atoms with van der Waals surface area (Å²) in [4.78, 5) is 50.5. The van der Waals surface area contributed by atoms with E-state index in [1.165, 1.54) is 24.3 Å². The molecule has 2 atom stereocenters. The van der Waals surface area contributed by atoms with Gasteiger partial charge in [-0.3, -0.25) is 24.5 Å². The number of carbonyl (C=O) groups is 4. The van der Waals surface area contributed by atoms with Gasteiger partial charge in [0.05, 0.1) is 23.5 Å². The van der Waals surface area contributed by atoms with E-state index in [4.69, 9.17) is 35.1 Å². The minimum atomic E-state index is -3.78. The lowest BCUT2D eigenvalue weighted by molar-refractivity contribution is -0.147. The molecule has 2 aliphatic heterocycles. The molecule has 1 fully saturated rings. The molecule has 0 saturated carbocycles. The molecule has 2 N–H and O–H groups in total. The van der Waals surface area contributed by atoms with Crippen LogP contribution in [0.5, 0.6) is 0 Å². The summed E-state index contributed by atoms with van der Waals surface area (Å²) in [6, 6.07) is 7.83. The Labute approximate surface area is 208 Å². The summed E-state index contributed by atoms with van der Waals surface area (Å²) in [6.45, 7) is -0.303. The van der Waals surface area contributed by atoms with Crippen molar-refractivity contribution in [3.63, 3.8) is 0 Å². The van der Waals surface area contributed by atoms with Gasteiger partial charge in [0.15, 0.2) is 0 Å². The maximum absolute atomic E-state index is 14.5. The molecule has 2 aromatic carbocycles. The summed E-state index contributed by atoms with van der Waals surface area (Å²) in [7, 11) is 17.5. The molecule has 4 amide bonds. The Morgan fingerprint density at radius 1 is 1.17 bits per heavy atom. The van der Waals surface area contributed by atoms with E-state index < -0.39 is 52.2 Å². The quantitative estimate of drug-likeness (QED) is 0.485. The lowest BCUT2D eigenvalue weighted by Crippen LogP contribution is -2.61. The molecule has 35 heavy (non-hydrogen) atoms. The Morgan fingerprint density at radius 3 is 2.49 bits per heavy atom. The average Bonchev–Trinajstić information content (AvgIpc) is 3.12. The number of halogens is 3. The van der Waals surface area contributed by atoms with Gasteiger partial charge in [0, 0.05) is 29.2 Å². The topological polar surface area (TPSA) is 95.6 Å². The SMILES string of the molecule is [B]C1C(N2Cc3cc(CNC(=O)C(F)(F)c4ccc(Cl)cc4)ccc3C2=O)C(=O)NC(=O)C1([B])[B]. The number of imide groups is 1. The molecule has 2 aliphatic rings. The zero-order valence-electron chi connectivity index (χ0n) is 18.1. The van der Waals surface area contributed by atoms with Crippen LogP contribution in [0.2, 0.25) is 16.1 Å². The van der Waals surface area contributed by atoms with Gasteiger partial charge < -0.3 is 10.2 Å². The van der Waals surface area contributed by atoms with Crippen molar-refractivity contribution in [2.75, 3.05) is 0 Å². The van der Waals surface area contributed by atoms with Crippen LogP contribution in [0.25, 0.3) is 0 Å². The molecule has 0 spiro atoms. The van der Waals surface area contributed by atoms with Gasteiger partial charge >= 0.3 is 5.92 Å². The molecule has 2 aromatic rings. The molecule has 0 aliphatic carbocycles. The molecule has 172 valence electrons. The average molecular weight is 491 g/mol. The lowest BCUT2D eigenvalue weighted by atomic mass is 9.40. The van der Waals surface area contributed by atoms with Gasteiger partial charge in [0.25, 0.3) is 11.8 Å². The number of carbonyl (C=O) groups excluding carboxylic acids is 4. The largest absolute Gasteiger partial charge is 0.349 e. The third kappa shape index (κ3) is 4.35. The molecule has 0 aromatic heterocycles. The van der Waals surface area contributed by atoms with Gasteiger partial charge in [0.1, 0.15) is 6.04 Å². The lowest BCUT2D eigenvalue weighted by Gasteiger charge is -2.44. The summed E-state index contributed by atoms with van der Waals surface area (Å²) in [5.74, 6) is -8.96. The van der Waals surface area contributed by atoms with Crippen molar-refractivity contribution in [2.24, 2.45) is 0 Å². The Kier molecular flexibility index (Phi) is 6.29. The molecule has 0 bridgehead atoms. The van der Waals surface area contributed by atoms with Crippen LogP contribution in [0, 0.1) is 0 Å². The number of hydrogen-bond donors (Lipinski definition) is 2. The van der Waals surface area contributed by atoms with Crippen molar-refractivity contribution in [1.29, 1.82) is 0 Å². The van der Waals surface area contributed by atoms with E-state index in [0.29, 0.717) is 11.1 Å². The van der Waals surface area contributed by atoms with E-state index in [0.717, 1.165) is 17.0 Å². The molecular formula is C22H15B3ClF2N3O4. The first-order chi connectivity index (χ1) is 16.3. The van der Waals surface area contributed by atoms with E-state index >= 15 is 0 Å². The molecule has 6 radical (unpaired) electrons. The van der Waals surface area contributed by atoms with Crippen LogP contribution in [0.4, 0.5) is 8.78 Å². The first kappa shape index (κ1) is 25.0. The predicted octanol–water partition coefficient (Wildman–Crippen LogP) is 1.14. The molecule has 1 saturated heterocycles. The van der Waals surface area contributed by atoms with Crippen LogP contribution < -0.4 is 10.6 Å². The highest BCUT2D eigenvalue weighted by atomic mass is 35.5. The zero-order chi connectivity index (χ0) is 25.7. The number of hydrogen-bond acceptors (Lipinski definition) is 4. The number of piperidine rings is 1. The Balaban J connectivity index is 1.48. The van der Waals surface area contributed by atoms with Crippen molar-refractivity contribution < 1.29 is 28.0 Å². The molecule has 4 rings (SSSR count). The first-order valence-electron chi connectivity index (χ1n) is 10.4. The van der Waals surface area contributed by atoms with Crippen molar-refractivity contribution >= 4 is 58.8 Å². The van der Waals surface area contributed by atoms with Crippen molar-refractivity contribution in [2.45, 2.75) is 36.1 Å². The first-order valence-corrected chi connectivity index (χ1v) is 10.8.